The fourth-order valence-electron chi connectivity index (χ4n) is 2.59. The Kier molecular flexibility index (Phi) is 5.22. The molecule has 6 nitrogen and oxygen atoms in total. The Morgan fingerprint density at radius 3 is 2.62 bits per heavy atom. The summed E-state index contributed by atoms with van der Waals surface area (Å²) in [6, 6.07) is 16.2. The average Bonchev–Trinajstić information content (AvgIpc) is 3.02. The molecular weight excluding hydrogens is 334 g/mol. The highest BCUT2D eigenvalue weighted by atomic mass is 16.6. The minimum Gasteiger partial charge on any atom is -0.546 e. The van der Waals surface area contributed by atoms with Crippen LogP contribution in [0.4, 0.5) is 0 Å². The predicted octanol–water partition coefficient (Wildman–Crippen LogP) is 1.78. The van der Waals surface area contributed by atoms with Gasteiger partial charge in [0.05, 0.1) is 5.97 Å². The van der Waals surface area contributed by atoms with Gasteiger partial charge >= 0.3 is 5.97 Å². The fraction of sp³-hybridized carbons (Fsp3) is 0.200. The van der Waals surface area contributed by atoms with E-state index in [1.54, 1.807) is 37.3 Å². The van der Waals surface area contributed by atoms with Gasteiger partial charge in [-0.2, -0.15) is 0 Å². The number of hydrogen-bond donors (Lipinski definition) is 1. The van der Waals surface area contributed by atoms with E-state index in [9.17, 15) is 14.7 Å². The van der Waals surface area contributed by atoms with Crippen molar-refractivity contribution >= 4 is 18.0 Å². The molecule has 0 spiro atoms. The number of carbonyl (C=O) groups is 2. The third-order valence-electron chi connectivity index (χ3n) is 3.96. The monoisotopic (exact) mass is 352 g/mol. The molecule has 1 saturated heterocycles. The molecule has 1 fully saturated rings. The van der Waals surface area contributed by atoms with Crippen molar-refractivity contribution in [1.82, 2.24) is 5.32 Å². The smallest absolute Gasteiger partial charge is 0.356 e. The van der Waals surface area contributed by atoms with E-state index in [-0.39, 0.29) is 12.1 Å². The number of hydrogen-bond acceptors (Lipinski definition) is 6. The molecule has 3 rings (SSSR count). The van der Waals surface area contributed by atoms with E-state index in [4.69, 9.17) is 9.47 Å². The van der Waals surface area contributed by atoms with Gasteiger partial charge in [-0.05, 0) is 18.6 Å². The Bertz CT molecular complexity index is 831. The highest BCUT2D eigenvalue weighted by Crippen LogP contribution is 2.27. The van der Waals surface area contributed by atoms with E-state index in [1.165, 1.54) is 0 Å². The number of carboxylic acids is 1. The Morgan fingerprint density at radius 2 is 1.92 bits per heavy atom. The van der Waals surface area contributed by atoms with Crippen LogP contribution in [0.5, 0.6) is 5.75 Å². The maximum Gasteiger partial charge on any atom is 0.356 e. The molecule has 2 atom stereocenters. The van der Waals surface area contributed by atoms with E-state index >= 15 is 0 Å². The topological polar surface area (TPSA) is 87.7 Å². The third kappa shape index (κ3) is 3.85. The van der Waals surface area contributed by atoms with Crippen LogP contribution in [-0.2, 0) is 14.3 Å². The number of ether oxygens (including phenoxy) is 2. The fourth-order valence-corrected chi connectivity index (χ4v) is 2.59. The van der Waals surface area contributed by atoms with Crippen molar-refractivity contribution in [1.29, 1.82) is 0 Å². The molecule has 2 unspecified atom stereocenters. The van der Waals surface area contributed by atoms with Crippen LogP contribution in [0, 0.1) is 0 Å². The largest absolute Gasteiger partial charge is 0.546 e. The van der Waals surface area contributed by atoms with Gasteiger partial charge < -0.3 is 24.7 Å². The van der Waals surface area contributed by atoms with Gasteiger partial charge in [-0.15, -0.1) is 0 Å². The molecular formula is C20H18NO5-. The summed E-state index contributed by atoms with van der Waals surface area (Å²) in [4.78, 5) is 23.3. The summed E-state index contributed by atoms with van der Waals surface area (Å²) in [5.41, 5.74) is 1.67. The highest BCUT2D eigenvalue weighted by molar-refractivity contribution is 5.95. The number of benzene rings is 2. The van der Waals surface area contributed by atoms with Crippen molar-refractivity contribution in [2.75, 3.05) is 0 Å². The first-order valence-corrected chi connectivity index (χ1v) is 8.29. The van der Waals surface area contributed by atoms with Gasteiger partial charge in [0.1, 0.15) is 17.6 Å². The van der Waals surface area contributed by atoms with Crippen molar-refractivity contribution in [3.8, 4) is 5.75 Å². The molecule has 1 heterocycles. The van der Waals surface area contributed by atoms with Crippen molar-refractivity contribution < 1.29 is 24.2 Å². The highest BCUT2D eigenvalue weighted by Gasteiger charge is 2.29. The summed E-state index contributed by atoms with van der Waals surface area (Å²) in [5, 5.41) is 14.1. The van der Waals surface area contributed by atoms with Crippen LogP contribution >= 0.6 is 0 Å². The van der Waals surface area contributed by atoms with Gasteiger partial charge in [0.2, 0.25) is 0 Å². The van der Waals surface area contributed by atoms with Gasteiger partial charge in [-0.1, -0.05) is 55.5 Å². The number of carboxylic acid groups (broad SMARTS) is 1. The van der Waals surface area contributed by atoms with Crippen LogP contribution in [0.25, 0.3) is 6.08 Å². The van der Waals surface area contributed by atoms with E-state index in [2.05, 4.69) is 5.32 Å². The van der Waals surface area contributed by atoms with Gasteiger partial charge in [0.25, 0.3) is 0 Å². The lowest BCUT2D eigenvalue weighted by Crippen LogP contribution is -2.39. The van der Waals surface area contributed by atoms with Gasteiger partial charge in [0, 0.05) is 11.1 Å². The summed E-state index contributed by atoms with van der Waals surface area (Å²) in [6.45, 7) is 1.70. The molecule has 134 valence electrons. The number of nitrogens with one attached hydrogen (secondary N) is 1. The van der Waals surface area contributed by atoms with Gasteiger partial charge in [0.15, 0.2) is 6.23 Å². The van der Waals surface area contributed by atoms with Crippen LogP contribution in [0.2, 0.25) is 0 Å². The zero-order valence-electron chi connectivity index (χ0n) is 14.2. The minimum atomic E-state index is -1.28. The molecule has 6 heteroatoms. The molecule has 1 aliphatic rings. The summed E-state index contributed by atoms with van der Waals surface area (Å²) >= 11 is 0. The number of carbonyl (C=O) groups excluding carboxylic acids is 2. The van der Waals surface area contributed by atoms with Crippen LogP contribution in [0.1, 0.15) is 30.7 Å². The Labute approximate surface area is 151 Å². The SMILES string of the molecule is CCC(Oc1ccccc1C=C1NC(c2ccccc2)OC1=O)C(=O)[O-]. The summed E-state index contributed by atoms with van der Waals surface area (Å²) in [7, 11) is 0. The van der Waals surface area contributed by atoms with Crippen molar-refractivity contribution in [2.45, 2.75) is 25.7 Å². The maximum absolute atomic E-state index is 12.2. The van der Waals surface area contributed by atoms with Crippen LogP contribution in [0.15, 0.2) is 60.3 Å². The molecule has 0 radical (unpaired) electrons. The lowest BCUT2D eigenvalue weighted by molar-refractivity contribution is -0.313. The molecule has 0 aliphatic carbocycles. The first-order chi connectivity index (χ1) is 12.6. The number of esters is 1. The van der Waals surface area contributed by atoms with Crippen molar-refractivity contribution in [3.63, 3.8) is 0 Å². The molecule has 0 bridgehead atoms. The lowest BCUT2D eigenvalue weighted by atomic mass is 10.1. The average molecular weight is 352 g/mol. The second-order valence-corrected chi connectivity index (χ2v) is 5.77. The molecule has 26 heavy (non-hydrogen) atoms. The van der Waals surface area contributed by atoms with E-state index in [0.717, 1.165) is 5.56 Å². The summed E-state index contributed by atoms with van der Waals surface area (Å²) in [5.74, 6) is -1.41. The minimum absolute atomic E-state index is 0.267. The first-order valence-electron chi connectivity index (χ1n) is 8.29. The van der Waals surface area contributed by atoms with Gasteiger partial charge in [-0.25, -0.2) is 4.79 Å². The van der Waals surface area contributed by atoms with Crippen LogP contribution in [0.3, 0.4) is 0 Å². The lowest BCUT2D eigenvalue weighted by Gasteiger charge is -2.19. The van der Waals surface area contributed by atoms with Crippen molar-refractivity contribution in [3.05, 3.63) is 71.4 Å². The van der Waals surface area contributed by atoms with Crippen molar-refractivity contribution in [2.24, 2.45) is 0 Å². The second-order valence-electron chi connectivity index (χ2n) is 5.77. The van der Waals surface area contributed by atoms with E-state index in [1.807, 2.05) is 30.3 Å². The molecule has 0 aromatic heterocycles. The second kappa shape index (κ2) is 7.74. The normalized spacial score (nSPS) is 18.9. The van der Waals surface area contributed by atoms with Crippen LogP contribution in [-0.4, -0.2) is 18.0 Å². The summed E-state index contributed by atoms with van der Waals surface area (Å²) in [6.07, 6.45) is 0.233. The molecule has 2 aromatic carbocycles. The maximum atomic E-state index is 12.2. The van der Waals surface area contributed by atoms with Gasteiger partial charge in [-0.3, -0.25) is 0 Å². The Morgan fingerprint density at radius 1 is 1.23 bits per heavy atom. The Balaban J connectivity index is 1.84. The molecule has 0 amide bonds. The predicted molar refractivity (Wildman–Crippen MR) is 92.5 cm³/mol. The summed E-state index contributed by atoms with van der Waals surface area (Å²) < 4.78 is 10.9. The zero-order valence-corrected chi connectivity index (χ0v) is 14.2. The first kappa shape index (κ1) is 17.5. The molecule has 1 aliphatic heterocycles. The van der Waals surface area contributed by atoms with E-state index < -0.39 is 24.3 Å². The number of rotatable bonds is 6. The molecule has 0 saturated carbocycles. The van der Waals surface area contributed by atoms with E-state index in [0.29, 0.717) is 11.3 Å². The standard InChI is InChI=1S/C20H19NO5/c1-2-16(19(22)23)25-17-11-7-6-10-14(17)12-15-20(24)26-18(21-15)13-8-4-3-5-9-13/h3-12,16,18,21H,2H2,1H3,(H,22,23)/p-1. The number of aliphatic carboxylic acids is 1. The number of cyclic esters (lactones) is 1. The third-order valence-corrected chi connectivity index (χ3v) is 3.96. The molecule has 2 aromatic rings. The Hall–Kier alpha value is -3.28. The molecule has 1 N–H and O–H groups in total. The van der Waals surface area contributed by atoms with Crippen LogP contribution < -0.4 is 15.2 Å². The quantitative estimate of drug-likeness (QED) is 0.630. The zero-order chi connectivity index (χ0) is 18.5. The number of para-hydroxylation sites is 1.